The highest BCUT2D eigenvalue weighted by molar-refractivity contribution is 14.1. The molecule has 2 fully saturated rings. The van der Waals surface area contributed by atoms with E-state index in [0.29, 0.717) is 3.70 Å². The molecular formula is C21H37IN2O10Si2. The van der Waals surface area contributed by atoms with Crippen LogP contribution in [0.15, 0.2) is 15.7 Å². The molecule has 206 valence electrons. The van der Waals surface area contributed by atoms with Crippen LogP contribution < -0.4 is 11.2 Å². The Bertz CT molecular complexity index is 982. The Morgan fingerprint density at radius 3 is 1.94 bits per heavy atom. The van der Waals surface area contributed by atoms with E-state index in [0.717, 1.165) is 0 Å². The van der Waals surface area contributed by atoms with E-state index in [2.05, 4.69) is 4.98 Å². The Morgan fingerprint density at radius 1 is 0.917 bits per heavy atom. The SMILES string of the molecule is CC(C)O[Si]1(OC(C)C)OC[C@H]2O[C@@H](n3c(I)cc(=O)[nH]c3=O)C[C@@H]2O[Si](OC(C)C)(OC(C)C)O1. The molecule has 0 spiro atoms. The molecule has 2 saturated heterocycles. The smallest absolute Gasteiger partial charge is 0.349 e. The largest absolute Gasteiger partial charge is 0.674 e. The van der Waals surface area contributed by atoms with Gasteiger partial charge in [-0.2, -0.15) is 0 Å². The number of aromatic amines is 1. The molecule has 2 aliphatic heterocycles. The van der Waals surface area contributed by atoms with Crippen LogP contribution in [0.5, 0.6) is 0 Å². The van der Waals surface area contributed by atoms with Gasteiger partial charge < -0.3 is 35.4 Å². The summed E-state index contributed by atoms with van der Waals surface area (Å²) >= 11 is 1.93. The second-order valence-electron chi connectivity index (χ2n) is 9.73. The molecule has 1 aromatic rings. The molecule has 0 radical (unpaired) electrons. The van der Waals surface area contributed by atoms with Crippen molar-refractivity contribution in [1.29, 1.82) is 0 Å². The van der Waals surface area contributed by atoms with Gasteiger partial charge in [0.2, 0.25) is 0 Å². The van der Waals surface area contributed by atoms with Crippen molar-refractivity contribution in [1.82, 2.24) is 9.55 Å². The molecule has 0 amide bonds. The Balaban J connectivity index is 2.05. The molecule has 1 N–H and O–H groups in total. The predicted molar refractivity (Wildman–Crippen MR) is 141 cm³/mol. The predicted octanol–water partition coefficient (Wildman–Crippen LogP) is 2.43. The molecule has 3 rings (SSSR count). The first-order valence-electron chi connectivity index (χ1n) is 12.1. The molecule has 0 bridgehead atoms. The van der Waals surface area contributed by atoms with Crippen LogP contribution in [0.25, 0.3) is 0 Å². The van der Waals surface area contributed by atoms with Crippen LogP contribution in [0, 0.1) is 3.70 Å². The van der Waals surface area contributed by atoms with E-state index in [1.54, 1.807) is 0 Å². The average Bonchev–Trinajstić information content (AvgIpc) is 3.03. The van der Waals surface area contributed by atoms with Crippen molar-refractivity contribution in [2.24, 2.45) is 0 Å². The second-order valence-corrected chi connectivity index (χ2v) is 15.1. The number of aromatic nitrogens is 2. The summed E-state index contributed by atoms with van der Waals surface area (Å²) in [5.41, 5.74) is -1.05. The summed E-state index contributed by atoms with van der Waals surface area (Å²) in [5.74, 6) is 0. The summed E-state index contributed by atoms with van der Waals surface area (Å²) in [4.78, 5) is 26.6. The van der Waals surface area contributed by atoms with Crippen LogP contribution in [0.3, 0.4) is 0 Å². The van der Waals surface area contributed by atoms with E-state index < -0.39 is 47.8 Å². The van der Waals surface area contributed by atoms with Gasteiger partial charge in [0.1, 0.15) is 12.3 Å². The van der Waals surface area contributed by atoms with Crippen LogP contribution in [0.4, 0.5) is 0 Å². The van der Waals surface area contributed by atoms with Crippen molar-refractivity contribution in [3.63, 3.8) is 0 Å². The van der Waals surface area contributed by atoms with Gasteiger partial charge in [-0.3, -0.25) is 14.3 Å². The Morgan fingerprint density at radius 2 is 1.44 bits per heavy atom. The number of ether oxygens (including phenoxy) is 1. The maximum absolute atomic E-state index is 12.6. The molecule has 0 aliphatic carbocycles. The quantitative estimate of drug-likeness (QED) is 0.240. The molecule has 15 heteroatoms. The lowest BCUT2D eigenvalue weighted by molar-refractivity contribution is -0.144. The van der Waals surface area contributed by atoms with Crippen molar-refractivity contribution in [2.45, 2.75) is 105 Å². The number of hydrogen-bond acceptors (Lipinski definition) is 10. The summed E-state index contributed by atoms with van der Waals surface area (Å²) in [6.07, 6.45) is -2.80. The minimum absolute atomic E-state index is 0.0371. The van der Waals surface area contributed by atoms with Crippen LogP contribution >= 0.6 is 22.6 Å². The van der Waals surface area contributed by atoms with Crippen LogP contribution in [-0.2, 0) is 35.4 Å². The Hall–Kier alpha value is -0.476. The minimum atomic E-state index is -3.95. The number of nitrogens with zero attached hydrogens (tertiary/aromatic N) is 1. The Labute approximate surface area is 227 Å². The molecule has 12 nitrogen and oxygen atoms in total. The molecule has 2 aliphatic rings. The fraction of sp³-hybridized carbons (Fsp3) is 0.810. The van der Waals surface area contributed by atoms with Gasteiger partial charge in [-0.05, 0) is 78.0 Å². The molecule has 0 unspecified atom stereocenters. The van der Waals surface area contributed by atoms with Gasteiger partial charge in [0.25, 0.3) is 5.56 Å². The highest BCUT2D eigenvalue weighted by atomic mass is 127. The molecule has 0 saturated carbocycles. The number of H-pyrrole nitrogens is 1. The molecular weight excluding hydrogens is 623 g/mol. The first-order chi connectivity index (χ1) is 16.7. The van der Waals surface area contributed by atoms with E-state index in [-0.39, 0.29) is 37.4 Å². The van der Waals surface area contributed by atoms with Gasteiger partial charge in [-0.1, -0.05) is 0 Å². The van der Waals surface area contributed by atoms with Gasteiger partial charge in [0.15, 0.2) is 0 Å². The van der Waals surface area contributed by atoms with Gasteiger partial charge in [0, 0.05) is 36.9 Å². The summed E-state index contributed by atoms with van der Waals surface area (Å²) < 4.78 is 52.2. The van der Waals surface area contributed by atoms with Crippen molar-refractivity contribution in [3.05, 3.63) is 30.6 Å². The van der Waals surface area contributed by atoms with E-state index in [9.17, 15) is 9.59 Å². The van der Waals surface area contributed by atoms with E-state index in [1.807, 2.05) is 78.0 Å². The highest BCUT2D eigenvalue weighted by Crippen LogP contribution is 2.38. The lowest BCUT2D eigenvalue weighted by atomic mass is 10.2. The molecule has 3 heterocycles. The third-order valence-corrected chi connectivity index (χ3v) is 11.9. The Kier molecular flexibility index (Phi) is 10.1. The number of hydrogen-bond donors (Lipinski definition) is 1. The third-order valence-electron chi connectivity index (χ3n) is 4.89. The normalized spacial score (nSPS) is 26.0. The first-order valence-corrected chi connectivity index (χ1v) is 16.5. The summed E-state index contributed by atoms with van der Waals surface area (Å²) in [6.45, 7) is 14.9. The number of rotatable bonds is 9. The van der Waals surface area contributed by atoms with Gasteiger partial charge >= 0.3 is 23.8 Å². The topological polar surface area (TPSA) is 129 Å². The first kappa shape index (κ1) is 30.1. The van der Waals surface area contributed by atoms with Crippen molar-refractivity contribution >= 4 is 40.7 Å². The zero-order valence-electron chi connectivity index (χ0n) is 21.9. The molecule has 36 heavy (non-hydrogen) atoms. The van der Waals surface area contributed by atoms with E-state index >= 15 is 0 Å². The lowest BCUT2D eigenvalue weighted by Gasteiger charge is -2.42. The molecule has 3 atom stereocenters. The van der Waals surface area contributed by atoms with Gasteiger partial charge in [-0.15, -0.1) is 0 Å². The maximum Gasteiger partial charge on any atom is 0.674 e. The van der Waals surface area contributed by atoms with E-state index in [4.69, 9.17) is 35.4 Å². The van der Waals surface area contributed by atoms with Gasteiger partial charge in [0.05, 0.1) is 16.4 Å². The van der Waals surface area contributed by atoms with Crippen molar-refractivity contribution in [3.8, 4) is 0 Å². The monoisotopic (exact) mass is 660 g/mol. The summed E-state index contributed by atoms with van der Waals surface area (Å²) in [5, 5.41) is 0. The summed E-state index contributed by atoms with van der Waals surface area (Å²) in [7, 11) is -7.82. The molecule has 0 aromatic carbocycles. The summed E-state index contributed by atoms with van der Waals surface area (Å²) in [6, 6.07) is 1.33. The highest BCUT2D eigenvalue weighted by Gasteiger charge is 2.65. The van der Waals surface area contributed by atoms with Crippen LogP contribution in [0.2, 0.25) is 0 Å². The van der Waals surface area contributed by atoms with Crippen molar-refractivity contribution in [2.75, 3.05) is 6.61 Å². The number of fused-ring (bicyclic) bond motifs is 1. The zero-order chi connectivity index (χ0) is 26.8. The maximum atomic E-state index is 12.6. The lowest BCUT2D eigenvalue weighted by Crippen LogP contribution is -2.67. The van der Waals surface area contributed by atoms with Gasteiger partial charge in [-0.25, -0.2) is 4.79 Å². The van der Waals surface area contributed by atoms with E-state index in [1.165, 1.54) is 10.6 Å². The number of halogens is 1. The second kappa shape index (κ2) is 12.1. The molecule has 1 aromatic heterocycles. The standard InChI is InChI=1S/C21H37IN2O10Si2/c1-12(2)29-35(30-13(3)4)27-11-17-16(33-36(34-35,31-14(5)6)32-15(7)8)9-20(28-17)24-18(22)10-19(25)23-21(24)26/h10,12-17,20H,9,11H2,1-8H3,(H,23,25,26)/t16-,17+,20+/m0/s1. The third kappa shape index (κ3) is 7.55. The van der Waals surface area contributed by atoms with Crippen molar-refractivity contribution < 1.29 is 35.4 Å². The van der Waals surface area contributed by atoms with Crippen LogP contribution in [0.1, 0.15) is 68.0 Å². The fourth-order valence-corrected chi connectivity index (χ4v) is 10.8. The average molecular weight is 661 g/mol. The minimum Gasteiger partial charge on any atom is -0.349 e. The number of nitrogens with one attached hydrogen (secondary N) is 1. The fourth-order valence-electron chi connectivity index (χ4n) is 3.88. The zero-order valence-corrected chi connectivity index (χ0v) is 26.1. The van der Waals surface area contributed by atoms with Crippen LogP contribution in [-0.4, -0.2) is 70.9 Å².